The first kappa shape index (κ1) is 20.6. The van der Waals surface area contributed by atoms with E-state index in [1.807, 2.05) is 0 Å². The summed E-state index contributed by atoms with van der Waals surface area (Å²) in [6, 6.07) is 7.96. The van der Waals surface area contributed by atoms with E-state index in [4.69, 9.17) is 11.6 Å². The van der Waals surface area contributed by atoms with Crippen LogP contribution in [-0.4, -0.2) is 28.6 Å². The van der Waals surface area contributed by atoms with Crippen LogP contribution in [0, 0.1) is 5.82 Å². The van der Waals surface area contributed by atoms with Crippen molar-refractivity contribution in [3.8, 4) is 0 Å². The fourth-order valence-corrected chi connectivity index (χ4v) is 3.85. The number of hydrogen-bond donors (Lipinski definition) is 1. The van der Waals surface area contributed by atoms with Crippen molar-refractivity contribution in [1.82, 2.24) is 4.90 Å². The largest absolute Gasteiger partial charge is 0.418 e. The third-order valence-electron chi connectivity index (χ3n) is 5.08. The molecule has 0 saturated heterocycles. The van der Waals surface area contributed by atoms with Crippen LogP contribution in [0.15, 0.2) is 36.4 Å². The van der Waals surface area contributed by atoms with Crippen LogP contribution in [0.2, 0.25) is 5.02 Å². The minimum Gasteiger partial charge on any atom is -0.379 e. The Morgan fingerprint density at radius 2 is 1.96 bits per heavy atom. The second-order valence-corrected chi connectivity index (χ2v) is 7.16. The van der Waals surface area contributed by atoms with Gasteiger partial charge in [0.25, 0.3) is 0 Å². The van der Waals surface area contributed by atoms with E-state index in [0.717, 1.165) is 0 Å². The molecular weight excluding hydrogens is 398 g/mol. The third kappa shape index (κ3) is 3.86. The van der Waals surface area contributed by atoms with Crippen LogP contribution in [0.4, 0.5) is 17.6 Å². The number of aliphatic hydroxyl groups is 1. The van der Waals surface area contributed by atoms with Gasteiger partial charge < -0.3 is 10.0 Å². The lowest BCUT2D eigenvalue weighted by atomic mass is 9.87. The lowest BCUT2D eigenvalue weighted by molar-refractivity contribution is -0.207. The summed E-state index contributed by atoms with van der Waals surface area (Å²) in [5.41, 5.74) is 0.835. The topological polar surface area (TPSA) is 40.5 Å². The number of carbonyl (C=O) groups excluding carboxylic acids is 1. The number of hydrogen-bond acceptors (Lipinski definition) is 2. The van der Waals surface area contributed by atoms with Gasteiger partial charge in [-0.15, -0.1) is 0 Å². The summed E-state index contributed by atoms with van der Waals surface area (Å²) in [5, 5.41) is 9.82. The molecule has 0 spiro atoms. The predicted octanol–water partition coefficient (Wildman–Crippen LogP) is 4.76. The second-order valence-electron chi connectivity index (χ2n) is 6.75. The minimum absolute atomic E-state index is 0.0911. The highest BCUT2D eigenvalue weighted by Gasteiger charge is 2.42. The van der Waals surface area contributed by atoms with E-state index in [1.54, 1.807) is 13.0 Å². The number of halogens is 5. The first-order valence-corrected chi connectivity index (χ1v) is 9.08. The maximum atomic E-state index is 14.0. The highest BCUT2D eigenvalue weighted by atomic mass is 35.5. The highest BCUT2D eigenvalue weighted by Crippen LogP contribution is 2.39. The maximum Gasteiger partial charge on any atom is 0.418 e. The number of carbonyl (C=O) groups is 1. The molecule has 2 aromatic rings. The van der Waals surface area contributed by atoms with Crippen LogP contribution in [0.25, 0.3) is 0 Å². The molecule has 1 unspecified atom stereocenters. The lowest BCUT2D eigenvalue weighted by Crippen LogP contribution is -2.40. The zero-order valence-corrected chi connectivity index (χ0v) is 15.7. The third-order valence-corrected chi connectivity index (χ3v) is 5.44. The van der Waals surface area contributed by atoms with Crippen molar-refractivity contribution >= 4 is 17.5 Å². The molecule has 0 radical (unpaired) electrons. The quantitative estimate of drug-likeness (QED) is 0.734. The molecule has 150 valence electrons. The molecule has 0 fully saturated rings. The van der Waals surface area contributed by atoms with Crippen molar-refractivity contribution < 1.29 is 27.5 Å². The molecule has 0 bridgehead atoms. The van der Waals surface area contributed by atoms with E-state index in [0.29, 0.717) is 11.1 Å². The molecule has 1 aliphatic rings. The molecule has 1 heterocycles. The van der Waals surface area contributed by atoms with Gasteiger partial charge in [0.2, 0.25) is 5.91 Å². The molecule has 3 nitrogen and oxygen atoms in total. The van der Waals surface area contributed by atoms with Gasteiger partial charge in [-0.1, -0.05) is 35.9 Å². The lowest BCUT2D eigenvalue weighted by Gasteiger charge is -2.37. The first-order chi connectivity index (χ1) is 13.1. The fraction of sp³-hybridized carbons (Fsp3) is 0.350. The maximum absolute atomic E-state index is 14.0. The molecule has 8 heteroatoms. The second kappa shape index (κ2) is 7.72. The van der Waals surface area contributed by atoms with Gasteiger partial charge in [-0.3, -0.25) is 4.79 Å². The Hall–Kier alpha value is -2.12. The number of fused-ring (bicyclic) bond motifs is 1. The number of alkyl halides is 3. The number of aliphatic hydroxyl groups excluding tert-OH is 1. The van der Waals surface area contributed by atoms with Gasteiger partial charge in [-0.2, -0.15) is 13.2 Å². The Morgan fingerprint density at radius 1 is 1.29 bits per heavy atom. The van der Waals surface area contributed by atoms with Gasteiger partial charge in [0.05, 0.1) is 12.5 Å². The van der Waals surface area contributed by atoms with Crippen LogP contribution >= 0.6 is 11.6 Å². The minimum atomic E-state index is -4.77. The molecule has 1 N–H and O–H groups in total. The smallest absolute Gasteiger partial charge is 0.379 e. The Labute approximate surface area is 164 Å². The predicted molar refractivity (Wildman–Crippen MR) is 96.4 cm³/mol. The molecule has 0 saturated carbocycles. The van der Waals surface area contributed by atoms with Gasteiger partial charge in [-0.25, -0.2) is 4.39 Å². The number of benzene rings is 2. The van der Waals surface area contributed by atoms with Crippen molar-refractivity contribution in [3.05, 3.63) is 69.5 Å². The van der Waals surface area contributed by atoms with E-state index in [-0.39, 0.29) is 41.4 Å². The normalized spacial score (nSPS) is 18.0. The van der Waals surface area contributed by atoms with Crippen molar-refractivity contribution in [3.63, 3.8) is 0 Å². The monoisotopic (exact) mass is 415 g/mol. The van der Waals surface area contributed by atoms with Crippen LogP contribution in [0.5, 0.6) is 0 Å². The van der Waals surface area contributed by atoms with Gasteiger partial charge in [0, 0.05) is 17.1 Å². The van der Waals surface area contributed by atoms with Crippen molar-refractivity contribution in [2.45, 2.75) is 38.1 Å². The van der Waals surface area contributed by atoms with Crippen LogP contribution in [0.1, 0.15) is 41.3 Å². The molecule has 2 aromatic carbocycles. The van der Waals surface area contributed by atoms with E-state index in [1.165, 1.54) is 35.2 Å². The van der Waals surface area contributed by atoms with Gasteiger partial charge in [0.15, 0.2) is 6.10 Å². The summed E-state index contributed by atoms with van der Waals surface area (Å²) in [6.45, 7) is 1.86. The fourth-order valence-electron chi connectivity index (χ4n) is 3.62. The first-order valence-electron chi connectivity index (χ1n) is 8.70. The Kier molecular flexibility index (Phi) is 5.68. The summed E-state index contributed by atoms with van der Waals surface area (Å²) in [4.78, 5) is 14.2. The van der Waals surface area contributed by atoms with Crippen molar-refractivity contribution in [1.29, 1.82) is 0 Å². The molecule has 28 heavy (non-hydrogen) atoms. The van der Waals surface area contributed by atoms with E-state index < -0.39 is 24.1 Å². The zero-order valence-electron chi connectivity index (χ0n) is 14.9. The van der Waals surface area contributed by atoms with Crippen LogP contribution in [0.3, 0.4) is 0 Å². The molecule has 1 aliphatic heterocycles. The standard InChI is InChI=1S/C20H18ClF4NO2/c1-11-12-4-2-5-14(19(28)20(23,24)25)13(12)8-9-26(11)18(27)10-15-16(21)6-3-7-17(15)22/h2-7,11,19,28H,8-10H2,1H3/t11-,19?/m0/s1. The molecule has 3 rings (SSSR count). The average molecular weight is 416 g/mol. The summed E-state index contributed by atoms with van der Waals surface area (Å²) in [6.07, 6.45) is -7.42. The highest BCUT2D eigenvalue weighted by molar-refractivity contribution is 6.31. The number of nitrogens with zero attached hydrogens (tertiary/aromatic N) is 1. The number of rotatable bonds is 3. The summed E-state index contributed by atoms with van der Waals surface area (Å²) in [5.74, 6) is -0.951. The van der Waals surface area contributed by atoms with Gasteiger partial charge in [-0.05, 0) is 42.2 Å². The average Bonchev–Trinajstić information content (AvgIpc) is 2.63. The van der Waals surface area contributed by atoms with Crippen LogP contribution < -0.4 is 0 Å². The van der Waals surface area contributed by atoms with E-state index >= 15 is 0 Å². The molecule has 1 amide bonds. The van der Waals surface area contributed by atoms with E-state index in [2.05, 4.69) is 0 Å². The van der Waals surface area contributed by atoms with Gasteiger partial charge in [0.1, 0.15) is 5.82 Å². The summed E-state index contributed by atoms with van der Waals surface area (Å²) in [7, 11) is 0. The molecule has 2 atom stereocenters. The van der Waals surface area contributed by atoms with Crippen molar-refractivity contribution in [2.75, 3.05) is 6.54 Å². The molecule has 0 aromatic heterocycles. The van der Waals surface area contributed by atoms with Crippen molar-refractivity contribution in [2.24, 2.45) is 0 Å². The van der Waals surface area contributed by atoms with Crippen LogP contribution in [-0.2, 0) is 17.6 Å². The number of amides is 1. The van der Waals surface area contributed by atoms with E-state index in [9.17, 15) is 27.5 Å². The summed E-state index contributed by atoms with van der Waals surface area (Å²) >= 11 is 5.98. The molecular formula is C20H18ClF4NO2. The van der Waals surface area contributed by atoms with Gasteiger partial charge >= 0.3 is 6.18 Å². The summed E-state index contributed by atoms with van der Waals surface area (Å²) < 4.78 is 52.9. The Balaban J connectivity index is 1.87. The SMILES string of the molecule is C[C@H]1c2cccc(C(O)C(F)(F)F)c2CCN1C(=O)Cc1c(F)cccc1Cl. The Bertz CT molecular complexity index is 880. The Morgan fingerprint density at radius 3 is 2.61 bits per heavy atom. The zero-order chi connectivity index (χ0) is 20.6. The molecule has 0 aliphatic carbocycles.